The summed E-state index contributed by atoms with van der Waals surface area (Å²) in [6, 6.07) is 22.9. The zero-order valence-corrected chi connectivity index (χ0v) is 15.0. The predicted octanol–water partition coefficient (Wildman–Crippen LogP) is 4.18. The molecule has 4 heteroatoms. The molecule has 0 aliphatic carbocycles. The van der Waals surface area contributed by atoms with Crippen LogP contribution in [0.25, 0.3) is 21.8 Å². The summed E-state index contributed by atoms with van der Waals surface area (Å²) >= 11 is 0. The summed E-state index contributed by atoms with van der Waals surface area (Å²) in [5, 5.41) is 11.1. The van der Waals surface area contributed by atoms with Gasteiger partial charge in [-0.15, -0.1) is 0 Å². The Morgan fingerprint density at radius 3 is 2.74 bits per heavy atom. The normalized spacial score (nSPS) is 11.0. The number of hydrogen-bond acceptors (Lipinski definition) is 2. The van der Waals surface area contributed by atoms with Gasteiger partial charge in [-0.05, 0) is 47.9 Å². The van der Waals surface area contributed by atoms with Crippen molar-refractivity contribution in [2.45, 2.75) is 19.9 Å². The molecule has 1 radical (unpaired) electrons. The van der Waals surface area contributed by atoms with Crippen molar-refractivity contribution in [3.05, 3.63) is 82.9 Å². The molecule has 0 unspecified atom stereocenters. The van der Waals surface area contributed by atoms with E-state index in [0.29, 0.717) is 17.7 Å². The first kappa shape index (κ1) is 16.9. The van der Waals surface area contributed by atoms with Crippen molar-refractivity contribution in [1.82, 2.24) is 4.57 Å². The molecule has 4 aromatic rings. The molecule has 27 heavy (non-hydrogen) atoms. The highest BCUT2D eigenvalue weighted by atomic mass is 16.1. The third-order valence-electron chi connectivity index (χ3n) is 4.99. The van der Waals surface area contributed by atoms with Gasteiger partial charge in [0, 0.05) is 22.9 Å². The average Bonchev–Trinajstić information content (AvgIpc) is 3.01. The Morgan fingerprint density at radius 2 is 2.00 bits per heavy atom. The number of nitriles is 1. The van der Waals surface area contributed by atoms with Crippen LogP contribution in [0.2, 0.25) is 0 Å². The van der Waals surface area contributed by atoms with E-state index in [9.17, 15) is 10.1 Å². The highest BCUT2D eigenvalue weighted by molar-refractivity contribution is 6.17. The van der Waals surface area contributed by atoms with Gasteiger partial charge in [0.2, 0.25) is 5.91 Å². The standard InChI is InChI=1S/C23H18N3O/c1-2-15-10-11-18-21(12-15)26(14-17-7-4-3-6-16(17)13-24)20-9-5-8-19(22(18)20)23(25)27/h3-10,12H,2,14H2,1H3,(H2,25,27). The predicted molar refractivity (Wildman–Crippen MR) is 106 cm³/mol. The summed E-state index contributed by atoms with van der Waals surface area (Å²) in [7, 11) is 0. The van der Waals surface area contributed by atoms with Crippen LogP contribution in [-0.4, -0.2) is 10.5 Å². The van der Waals surface area contributed by atoms with Gasteiger partial charge < -0.3 is 10.3 Å². The first-order valence-corrected chi connectivity index (χ1v) is 8.87. The number of amides is 1. The van der Waals surface area contributed by atoms with E-state index >= 15 is 0 Å². The van der Waals surface area contributed by atoms with Crippen LogP contribution in [0.5, 0.6) is 0 Å². The van der Waals surface area contributed by atoms with Crippen LogP contribution >= 0.6 is 0 Å². The van der Waals surface area contributed by atoms with Crippen molar-refractivity contribution >= 4 is 27.7 Å². The second-order valence-corrected chi connectivity index (χ2v) is 6.54. The first-order chi connectivity index (χ1) is 13.1. The molecule has 0 fully saturated rings. The van der Waals surface area contributed by atoms with Gasteiger partial charge in [0.15, 0.2) is 0 Å². The van der Waals surface area contributed by atoms with E-state index in [-0.39, 0.29) is 0 Å². The highest BCUT2D eigenvalue weighted by Gasteiger charge is 2.17. The van der Waals surface area contributed by atoms with E-state index in [1.54, 1.807) is 6.07 Å². The lowest BCUT2D eigenvalue weighted by Crippen LogP contribution is -2.11. The topological polar surface area (TPSA) is 71.8 Å². The maximum Gasteiger partial charge on any atom is 0.249 e. The first-order valence-electron chi connectivity index (χ1n) is 8.87. The van der Waals surface area contributed by atoms with Gasteiger partial charge in [0.25, 0.3) is 0 Å². The van der Waals surface area contributed by atoms with Gasteiger partial charge in [0.1, 0.15) is 0 Å². The van der Waals surface area contributed by atoms with Crippen molar-refractivity contribution in [2.24, 2.45) is 5.73 Å². The summed E-state index contributed by atoms with van der Waals surface area (Å²) in [6.07, 6.45) is 0.894. The van der Waals surface area contributed by atoms with Crippen molar-refractivity contribution in [2.75, 3.05) is 0 Å². The van der Waals surface area contributed by atoms with Crippen LogP contribution in [0.15, 0.2) is 54.6 Å². The Labute approximate surface area is 157 Å². The summed E-state index contributed by atoms with van der Waals surface area (Å²) in [6.45, 7) is 2.63. The summed E-state index contributed by atoms with van der Waals surface area (Å²) in [5.41, 5.74) is 10.8. The fourth-order valence-corrected chi connectivity index (χ4v) is 3.62. The minimum atomic E-state index is -0.454. The molecule has 1 aromatic heterocycles. The van der Waals surface area contributed by atoms with Gasteiger partial charge in [-0.25, -0.2) is 0 Å². The maximum atomic E-state index is 12.0. The molecule has 4 nitrogen and oxygen atoms in total. The molecule has 0 saturated heterocycles. The van der Waals surface area contributed by atoms with Crippen LogP contribution in [0, 0.1) is 17.4 Å². The fourth-order valence-electron chi connectivity index (χ4n) is 3.62. The quantitative estimate of drug-likeness (QED) is 0.598. The van der Waals surface area contributed by atoms with Gasteiger partial charge in [0.05, 0.1) is 22.7 Å². The number of nitrogens with two attached hydrogens (primary N) is 1. The number of primary amides is 1. The van der Waals surface area contributed by atoms with Gasteiger partial charge in [-0.1, -0.05) is 37.3 Å². The Hall–Kier alpha value is -3.58. The second-order valence-electron chi connectivity index (χ2n) is 6.54. The van der Waals surface area contributed by atoms with Crippen LogP contribution in [0.3, 0.4) is 0 Å². The second kappa shape index (κ2) is 6.62. The van der Waals surface area contributed by atoms with E-state index in [1.807, 2.05) is 42.5 Å². The van der Waals surface area contributed by atoms with E-state index in [4.69, 9.17) is 5.73 Å². The Balaban J connectivity index is 2.07. The summed E-state index contributed by atoms with van der Waals surface area (Å²) in [5.74, 6) is -0.454. The lowest BCUT2D eigenvalue weighted by atomic mass is 10.0. The van der Waals surface area contributed by atoms with E-state index in [0.717, 1.165) is 33.8 Å². The lowest BCUT2D eigenvalue weighted by Gasteiger charge is -2.10. The van der Waals surface area contributed by atoms with Crippen LogP contribution in [0.1, 0.15) is 34.0 Å². The van der Waals surface area contributed by atoms with Crippen molar-refractivity contribution in [1.29, 1.82) is 5.26 Å². The molecule has 0 atom stereocenters. The number of hydrogen-bond donors (Lipinski definition) is 1. The number of nitrogens with zero attached hydrogens (tertiary/aromatic N) is 2. The molecule has 0 spiro atoms. The third kappa shape index (κ3) is 2.74. The van der Waals surface area contributed by atoms with Gasteiger partial charge in [-0.3, -0.25) is 4.79 Å². The number of aromatic nitrogens is 1. The van der Waals surface area contributed by atoms with E-state index < -0.39 is 5.91 Å². The molecule has 1 amide bonds. The molecule has 131 valence electrons. The number of benzene rings is 3. The van der Waals surface area contributed by atoms with Crippen molar-refractivity contribution < 1.29 is 4.79 Å². The van der Waals surface area contributed by atoms with Gasteiger partial charge >= 0.3 is 0 Å². The zero-order chi connectivity index (χ0) is 19.0. The molecule has 3 aromatic carbocycles. The SMILES string of the molecule is CCc1c[c]c2c3c(C(N)=O)cccc3n(Cc3ccccc3C#N)c2c1. The number of carbonyl (C=O) groups excluding carboxylic acids is 1. The summed E-state index contributed by atoms with van der Waals surface area (Å²) < 4.78 is 2.14. The number of fused-ring (bicyclic) bond motifs is 3. The number of rotatable bonds is 4. The van der Waals surface area contributed by atoms with Crippen LogP contribution < -0.4 is 5.73 Å². The molecular formula is C23H18N3O. The van der Waals surface area contributed by atoms with Crippen LogP contribution in [-0.2, 0) is 13.0 Å². The fraction of sp³-hybridized carbons (Fsp3) is 0.130. The summed E-state index contributed by atoms with van der Waals surface area (Å²) in [4.78, 5) is 12.0. The Bertz CT molecular complexity index is 1230. The lowest BCUT2D eigenvalue weighted by molar-refractivity contribution is 0.100. The minimum absolute atomic E-state index is 0.454. The third-order valence-corrected chi connectivity index (χ3v) is 4.99. The molecular weight excluding hydrogens is 334 g/mol. The zero-order valence-electron chi connectivity index (χ0n) is 15.0. The van der Waals surface area contributed by atoms with Gasteiger partial charge in [-0.2, -0.15) is 5.26 Å². The monoisotopic (exact) mass is 352 g/mol. The molecule has 2 N–H and O–H groups in total. The Morgan fingerprint density at radius 1 is 1.19 bits per heavy atom. The smallest absolute Gasteiger partial charge is 0.249 e. The van der Waals surface area contributed by atoms with E-state index in [1.165, 1.54) is 5.56 Å². The number of aryl methyl sites for hydroxylation is 1. The van der Waals surface area contributed by atoms with E-state index in [2.05, 4.69) is 29.7 Å². The Kier molecular flexibility index (Phi) is 4.13. The molecule has 4 rings (SSSR count). The number of carbonyl (C=O) groups is 1. The largest absolute Gasteiger partial charge is 0.366 e. The van der Waals surface area contributed by atoms with Crippen molar-refractivity contribution in [3.8, 4) is 6.07 Å². The molecule has 0 saturated carbocycles. The maximum absolute atomic E-state index is 12.0. The molecule has 0 bridgehead atoms. The molecule has 0 aliphatic heterocycles. The van der Waals surface area contributed by atoms with Crippen molar-refractivity contribution in [3.63, 3.8) is 0 Å². The molecule has 0 aliphatic rings. The minimum Gasteiger partial charge on any atom is -0.366 e. The highest BCUT2D eigenvalue weighted by Crippen LogP contribution is 2.33. The average molecular weight is 352 g/mol. The molecule has 1 heterocycles. The van der Waals surface area contributed by atoms with Crippen LogP contribution in [0.4, 0.5) is 0 Å².